The minimum Gasteiger partial charge on any atom is -0.485 e. The first kappa shape index (κ1) is 29.5. The Balaban J connectivity index is 1.39. The number of anilines is 2. The zero-order valence-corrected chi connectivity index (χ0v) is 24.4. The monoisotopic (exact) mass is 580 g/mol. The summed E-state index contributed by atoms with van der Waals surface area (Å²) in [6.07, 6.45) is 4.33. The van der Waals surface area contributed by atoms with Gasteiger partial charge in [-0.05, 0) is 44.0 Å². The van der Waals surface area contributed by atoms with Crippen LogP contribution in [-0.2, 0) is 4.79 Å². The average Bonchev–Trinajstić information content (AvgIpc) is 3.47. The van der Waals surface area contributed by atoms with E-state index in [2.05, 4.69) is 10.6 Å². The molecule has 2 aromatic rings. The number of likely N-dealkylation sites (N-methyl/N-ethyl adjacent to an activating group) is 1. The zero-order chi connectivity index (χ0) is 29.8. The van der Waals surface area contributed by atoms with Crippen molar-refractivity contribution in [1.29, 1.82) is 0 Å². The number of aliphatic hydroxyl groups is 1. The summed E-state index contributed by atoms with van der Waals surface area (Å²) in [4.78, 5) is 43.3. The van der Waals surface area contributed by atoms with Gasteiger partial charge >= 0.3 is 6.03 Å². The maximum Gasteiger partial charge on any atom is 0.321 e. The molecule has 3 N–H and O–H groups in total. The molecule has 0 bridgehead atoms. The number of hydrogen-bond acceptors (Lipinski definition) is 7. The van der Waals surface area contributed by atoms with E-state index >= 15 is 0 Å². The van der Waals surface area contributed by atoms with E-state index in [-0.39, 0.29) is 55.4 Å². The van der Waals surface area contributed by atoms with Crippen LogP contribution in [-0.4, -0.2) is 78.4 Å². The fraction of sp³-hybridized carbons (Fsp3) is 0.516. The van der Waals surface area contributed by atoms with Crippen molar-refractivity contribution in [1.82, 2.24) is 9.80 Å². The molecule has 3 atom stereocenters. The minimum absolute atomic E-state index is 0.0772. The number of ether oxygens (including phenoxy) is 3. The highest BCUT2D eigenvalue weighted by Gasteiger charge is 2.35. The molecule has 11 heteroatoms. The van der Waals surface area contributed by atoms with Crippen LogP contribution in [0.3, 0.4) is 0 Å². The third-order valence-electron chi connectivity index (χ3n) is 8.35. The van der Waals surface area contributed by atoms with E-state index < -0.39 is 12.1 Å². The highest BCUT2D eigenvalue weighted by molar-refractivity contribution is 6.02. The van der Waals surface area contributed by atoms with Crippen molar-refractivity contribution in [3.05, 3.63) is 42.0 Å². The second-order valence-electron chi connectivity index (χ2n) is 11.5. The van der Waals surface area contributed by atoms with Gasteiger partial charge in [0.05, 0.1) is 30.4 Å². The Labute approximate surface area is 246 Å². The molecule has 1 saturated carbocycles. The van der Waals surface area contributed by atoms with Gasteiger partial charge in [-0.2, -0.15) is 0 Å². The molecule has 0 radical (unpaired) electrons. The van der Waals surface area contributed by atoms with Crippen LogP contribution in [0.25, 0.3) is 0 Å². The van der Waals surface area contributed by atoms with Crippen molar-refractivity contribution in [3.63, 3.8) is 0 Å². The lowest BCUT2D eigenvalue weighted by Crippen LogP contribution is -2.50. The Morgan fingerprint density at radius 2 is 1.86 bits per heavy atom. The molecule has 1 aliphatic carbocycles. The smallest absolute Gasteiger partial charge is 0.321 e. The number of rotatable bonds is 7. The van der Waals surface area contributed by atoms with Crippen LogP contribution in [0.5, 0.6) is 17.2 Å². The van der Waals surface area contributed by atoms with Gasteiger partial charge in [0, 0.05) is 37.2 Å². The number of carbonyl (C=O) groups excluding carboxylic acids is 3. The maximum atomic E-state index is 13.7. The molecule has 0 unspecified atom stereocenters. The van der Waals surface area contributed by atoms with Gasteiger partial charge in [0.2, 0.25) is 12.7 Å². The van der Waals surface area contributed by atoms with Gasteiger partial charge in [0.25, 0.3) is 5.91 Å². The third kappa shape index (κ3) is 6.41. The summed E-state index contributed by atoms with van der Waals surface area (Å²) in [5.74, 6) is 0.826. The van der Waals surface area contributed by atoms with E-state index in [0.29, 0.717) is 35.0 Å². The van der Waals surface area contributed by atoms with Crippen LogP contribution < -0.4 is 24.8 Å². The summed E-state index contributed by atoms with van der Waals surface area (Å²) in [5.41, 5.74) is 1.30. The molecule has 0 saturated heterocycles. The van der Waals surface area contributed by atoms with Gasteiger partial charge in [-0.25, -0.2) is 4.79 Å². The van der Waals surface area contributed by atoms with E-state index in [9.17, 15) is 19.5 Å². The SMILES string of the molecule is C[C@@H]1CN([C@@H](C)CO)C(=O)c2cccc(NC(=O)C3CCCCC3)c2O[C@H]1CN(C)C(=O)Nc1ccc2c(c1)OCO2. The summed E-state index contributed by atoms with van der Waals surface area (Å²) in [7, 11) is 1.67. The molecule has 226 valence electrons. The number of benzene rings is 2. The van der Waals surface area contributed by atoms with Crippen molar-refractivity contribution >= 4 is 29.2 Å². The summed E-state index contributed by atoms with van der Waals surface area (Å²) >= 11 is 0. The molecular weight excluding hydrogens is 540 g/mol. The Bertz CT molecular complexity index is 1310. The van der Waals surface area contributed by atoms with E-state index in [1.54, 1.807) is 55.3 Å². The Kier molecular flexibility index (Phi) is 9.06. The first-order valence-electron chi connectivity index (χ1n) is 14.7. The number of para-hydroxylation sites is 1. The lowest BCUT2D eigenvalue weighted by Gasteiger charge is -2.38. The van der Waals surface area contributed by atoms with Gasteiger partial charge < -0.3 is 39.8 Å². The molecule has 2 heterocycles. The first-order chi connectivity index (χ1) is 20.2. The van der Waals surface area contributed by atoms with E-state index in [1.807, 2.05) is 6.92 Å². The van der Waals surface area contributed by atoms with Gasteiger partial charge in [-0.3, -0.25) is 9.59 Å². The predicted octanol–water partition coefficient (Wildman–Crippen LogP) is 4.32. The second-order valence-corrected chi connectivity index (χ2v) is 11.5. The fourth-order valence-corrected chi connectivity index (χ4v) is 5.71. The Hall–Kier alpha value is -3.99. The maximum absolute atomic E-state index is 13.7. The molecule has 5 rings (SSSR count). The number of nitrogens with one attached hydrogen (secondary N) is 2. The first-order valence-corrected chi connectivity index (χ1v) is 14.7. The summed E-state index contributed by atoms with van der Waals surface area (Å²) in [5, 5.41) is 15.9. The number of hydrogen-bond donors (Lipinski definition) is 3. The number of aliphatic hydroxyl groups excluding tert-OH is 1. The van der Waals surface area contributed by atoms with Crippen molar-refractivity contribution in [2.24, 2.45) is 11.8 Å². The summed E-state index contributed by atoms with van der Waals surface area (Å²) in [6.45, 7) is 4.21. The van der Waals surface area contributed by atoms with Crippen molar-refractivity contribution in [2.75, 3.05) is 44.2 Å². The number of amides is 4. The zero-order valence-electron chi connectivity index (χ0n) is 24.4. The highest BCUT2D eigenvalue weighted by atomic mass is 16.7. The van der Waals surface area contributed by atoms with Gasteiger partial charge in [-0.15, -0.1) is 0 Å². The fourth-order valence-electron chi connectivity index (χ4n) is 5.71. The standard InChI is InChI=1S/C31H40N4O7/c1-19-15-35(20(2)17-36)30(38)23-10-7-11-24(33-29(37)21-8-5-4-6-9-21)28(23)42-27(19)16-34(3)31(39)32-22-12-13-25-26(14-22)41-18-40-25/h7,10-14,19-21,27,36H,4-6,8-9,15-18H2,1-3H3,(H,32,39)(H,33,37)/t19-,20+,27+/m1/s1. The number of nitrogens with zero attached hydrogens (tertiary/aromatic N) is 2. The highest BCUT2D eigenvalue weighted by Crippen LogP contribution is 2.37. The quantitative estimate of drug-likeness (QED) is 0.445. The van der Waals surface area contributed by atoms with Gasteiger partial charge in [0.1, 0.15) is 6.10 Å². The normalized spacial score (nSPS) is 21.0. The van der Waals surface area contributed by atoms with E-state index in [4.69, 9.17) is 14.2 Å². The van der Waals surface area contributed by atoms with Gasteiger partial charge in [-0.1, -0.05) is 32.3 Å². The molecule has 3 aliphatic rings. The molecule has 0 aromatic heterocycles. The number of fused-ring (bicyclic) bond motifs is 2. The lowest BCUT2D eigenvalue weighted by atomic mass is 9.88. The molecular formula is C31H40N4O7. The van der Waals surface area contributed by atoms with E-state index in [1.165, 1.54) is 4.90 Å². The van der Waals surface area contributed by atoms with Crippen LogP contribution in [0.1, 0.15) is 56.3 Å². The molecule has 11 nitrogen and oxygen atoms in total. The van der Waals surface area contributed by atoms with Gasteiger partial charge in [0.15, 0.2) is 17.2 Å². The van der Waals surface area contributed by atoms with Crippen molar-refractivity contribution in [2.45, 2.75) is 58.1 Å². The Morgan fingerprint density at radius 1 is 1.10 bits per heavy atom. The van der Waals surface area contributed by atoms with Crippen LogP contribution in [0.2, 0.25) is 0 Å². The Morgan fingerprint density at radius 3 is 2.62 bits per heavy atom. The molecule has 1 fully saturated rings. The molecule has 4 amide bonds. The lowest BCUT2D eigenvalue weighted by molar-refractivity contribution is -0.120. The van der Waals surface area contributed by atoms with Crippen molar-refractivity contribution < 1.29 is 33.7 Å². The van der Waals surface area contributed by atoms with Crippen molar-refractivity contribution in [3.8, 4) is 17.2 Å². The molecule has 2 aliphatic heterocycles. The van der Waals surface area contributed by atoms with Crippen LogP contribution in [0, 0.1) is 11.8 Å². The van der Waals surface area contributed by atoms with E-state index in [0.717, 1.165) is 32.1 Å². The van der Waals surface area contributed by atoms with Crippen LogP contribution in [0.4, 0.5) is 16.2 Å². The topological polar surface area (TPSA) is 130 Å². The molecule has 2 aromatic carbocycles. The average molecular weight is 581 g/mol. The summed E-state index contributed by atoms with van der Waals surface area (Å²) < 4.78 is 17.3. The summed E-state index contributed by atoms with van der Waals surface area (Å²) in [6, 6.07) is 9.56. The predicted molar refractivity (Wildman–Crippen MR) is 157 cm³/mol. The minimum atomic E-state index is -0.523. The number of carbonyl (C=O) groups is 3. The second kappa shape index (κ2) is 12.9. The third-order valence-corrected chi connectivity index (χ3v) is 8.35. The molecule has 0 spiro atoms. The number of urea groups is 1. The van der Waals surface area contributed by atoms with Crippen LogP contribution in [0.15, 0.2) is 36.4 Å². The molecule has 42 heavy (non-hydrogen) atoms. The largest absolute Gasteiger partial charge is 0.485 e. The van der Waals surface area contributed by atoms with Crippen LogP contribution >= 0.6 is 0 Å².